The lowest BCUT2D eigenvalue weighted by Crippen LogP contribution is -2.29. The fraction of sp³-hybridized carbons (Fsp3) is 0.800. The minimum atomic E-state index is 0.446. The Labute approximate surface area is 132 Å². The van der Waals surface area contributed by atoms with Crippen LogP contribution in [0, 0.1) is 0 Å². The van der Waals surface area contributed by atoms with Gasteiger partial charge in [-0.25, -0.2) is 4.98 Å². The quantitative estimate of drug-likeness (QED) is 0.636. The van der Waals surface area contributed by atoms with Crippen molar-refractivity contribution in [2.24, 2.45) is 0 Å². The lowest BCUT2D eigenvalue weighted by molar-refractivity contribution is 0.191. The second kappa shape index (κ2) is 10.1. The van der Waals surface area contributed by atoms with E-state index in [0.29, 0.717) is 12.5 Å². The first-order chi connectivity index (χ1) is 10.1. The molecule has 0 saturated heterocycles. The van der Waals surface area contributed by atoms with Gasteiger partial charge in [0.25, 0.3) is 0 Å². The van der Waals surface area contributed by atoms with Crippen molar-refractivity contribution in [3.8, 4) is 0 Å². The molecule has 0 bridgehead atoms. The highest BCUT2D eigenvalue weighted by atomic mass is 32.1. The average Bonchev–Trinajstić information content (AvgIpc) is 2.87. The number of hydrogen-bond acceptors (Lipinski definition) is 6. The fourth-order valence-corrected chi connectivity index (χ4v) is 3.41. The highest BCUT2D eigenvalue weighted by Gasteiger charge is 2.17. The molecule has 21 heavy (non-hydrogen) atoms. The van der Waals surface area contributed by atoms with Crippen LogP contribution in [-0.2, 0) is 16.0 Å². The van der Waals surface area contributed by atoms with Crippen molar-refractivity contribution in [1.29, 1.82) is 0 Å². The first kappa shape index (κ1) is 18.4. The second-order valence-electron chi connectivity index (χ2n) is 5.32. The fourth-order valence-electron chi connectivity index (χ4n) is 2.13. The summed E-state index contributed by atoms with van der Waals surface area (Å²) in [5, 5.41) is 4.33. The molecule has 0 aliphatic heterocycles. The summed E-state index contributed by atoms with van der Waals surface area (Å²) < 4.78 is 10.4. The van der Waals surface area contributed by atoms with E-state index in [1.807, 2.05) is 7.05 Å². The molecular weight excluding hydrogens is 286 g/mol. The Hall–Kier alpha value is -0.690. The molecule has 6 heteroatoms. The van der Waals surface area contributed by atoms with E-state index >= 15 is 0 Å². The molecule has 0 fully saturated rings. The number of rotatable bonds is 11. The van der Waals surface area contributed by atoms with Gasteiger partial charge in [0.2, 0.25) is 0 Å². The van der Waals surface area contributed by atoms with Crippen LogP contribution >= 0.6 is 11.3 Å². The van der Waals surface area contributed by atoms with E-state index in [4.69, 9.17) is 14.5 Å². The van der Waals surface area contributed by atoms with Crippen molar-refractivity contribution in [3.63, 3.8) is 0 Å². The van der Waals surface area contributed by atoms with E-state index in [0.717, 1.165) is 37.8 Å². The first-order valence-corrected chi connectivity index (χ1v) is 8.32. The summed E-state index contributed by atoms with van der Waals surface area (Å²) >= 11 is 1.78. The third-order valence-corrected chi connectivity index (χ3v) is 4.34. The number of thiazole rings is 1. The van der Waals surface area contributed by atoms with Gasteiger partial charge in [0.05, 0.1) is 12.3 Å². The molecule has 1 N–H and O–H groups in total. The van der Waals surface area contributed by atoms with Gasteiger partial charge in [0.15, 0.2) is 5.13 Å². The molecule has 0 aromatic carbocycles. The largest absolute Gasteiger partial charge is 0.385 e. The van der Waals surface area contributed by atoms with E-state index in [-0.39, 0.29) is 0 Å². The Morgan fingerprint density at radius 2 is 1.90 bits per heavy atom. The number of aromatic nitrogens is 1. The molecule has 0 radical (unpaired) electrons. The Kier molecular flexibility index (Phi) is 8.84. The molecule has 122 valence electrons. The maximum Gasteiger partial charge on any atom is 0.185 e. The minimum absolute atomic E-state index is 0.446. The predicted octanol–water partition coefficient (Wildman–Crippen LogP) is 2.48. The molecule has 1 heterocycles. The summed E-state index contributed by atoms with van der Waals surface area (Å²) in [6.07, 6.45) is 0.998. The zero-order chi connectivity index (χ0) is 15.7. The van der Waals surface area contributed by atoms with Gasteiger partial charge in [-0.1, -0.05) is 13.8 Å². The lowest BCUT2D eigenvalue weighted by atomic mass is 10.1. The van der Waals surface area contributed by atoms with Crippen LogP contribution in [0.4, 0.5) is 5.13 Å². The van der Waals surface area contributed by atoms with Gasteiger partial charge in [-0.3, -0.25) is 0 Å². The second-order valence-corrected chi connectivity index (χ2v) is 6.38. The average molecular weight is 315 g/mol. The van der Waals surface area contributed by atoms with Gasteiger partial charge in [-0.15, -0.1) is 11.3 Å². The zero-order valence-electron chi connectivity index (χ0n) is 13.9. The molecular formula is C15H29N3O2S. The van der Waals surface area contributed by atoms with E-state index in [1.54, 1.807) is 25.6 Å². The van der Waals surface area contributed by atoms with Crippen molar-refractivity contribution in [2.45, 2.75) is 32.7 Å². The van der Waals surface area contributed by atoms with Gasteiger partial charge < -0.3 is 19.7 Å². The standard InChI is InChI=1S/C15H29N3O2S/c1-12(2)14-13(11-16-3)21-15(17-14)18(8-10-20-5)7-6-9-19-4/h12,16H,6-11H2,1-5H3. The molecule has 1 aromatic heterocycles. The third-order valence-electron chi connectivity index (χ3n) is 3.21. The molecule has 0 amide bonds. The Morgan fingerprint density at radius 1 is 1.19 bits per heavy atom. The van der Waals surface area contributed by atoms with Crippen molar-refractivity contribution >= 4 is 16.5 Å². The Balaban J connectivity index is 2.86. The summed E-state index contributed by atoms with van der Waals surface area (Å²) in [5.74, 6) is 0.446. The smallest absolute Gasteiger partial charge is 0.185 e. The van der Waals surface area contributed by atoms with Crippen LogP contribution in [0.1, 0.15) is 36.8 Å². The van der Waals surface area contributed by atoms with Gasteiger partial charge >= 0.3 is 0 Å². The first-order valence-electron chi connectivity index (χ1n) is 7.51. The van der Waals surface area contributed by atoms with Crippen LogP contribution in [0.25, 0.3) is 0 Å². The number of ether oxygens (including phenoxy) is 2. The molecule has 0 aliphatic carbocycles. The monoisotopic (exact) mass is 315 g/mol. The van der Waals surface area contributed by atoms with Crippen molar-refractivity contribution < 1.29 is 9.47 Å². The topological polar surface area (TPSA) is 46.6 Å². The van der Waals surface area contributed by atoms with Crippen LogP contribution in [0.3, 0.4) is 0 Å². The van der Waals surface area contributed by atoms with Crippen LogP contribution in [-0.4, -0.2) is 52.6 Å². The van der Waals surface area contributed by atoms with Crippen molar-refractivity contribution in [1.82, 2.24) is 10.3 Å². The molecule has 0 saturated carbocycles. The molecule has 0 spiro atoms. The Morgan fingerprint density at radius 3 is 2.48 bits per heavy atom. The minimum Gasteiger partial charge on any atom is -0.385 e. The molecule has 0 atom stereocenters. The summed E-state index contributed by atoms with van der Waals surface area (Å²) in [5.41, 5.74) is 1.21. The maximum absolute atomic E-state index is 5.22. The van der Waals surface area contributed by atoms with Crippen molar-refractivity contribution in [3.05, 3.63) is 10.6 Å². The SMILES string of the molecule is CNCc1sc(N(CCCOC)CCOC)nc1C(C)C. The number of nitrogens with zero attached hydrogens (tertiary/aromatic N) is 2. The summed E-state index contributed by atoms with van der Waals surface area (Å²) in [6, 6.07) is 0. The van der Waals surface area contributed by atoms with E-state index in [9.17, 15) is 0 Å². The highest BCUT2D eigenvalue weighted by Crippen LogP contribution is 2.30. The predicted molar refractivity (Wildman–Crippen MR) is 89.5 cm³/mol. The highest BCUT2D eigenvalue weighted by molar-refractivity contribution is 7.15. The van der Waals surface area contributed by atoms with Crippen LogP contribution in [0.5, 0.6) is 0 Å². The molecule has 5 nitrogen and oxygen atoms in total. The number of nitrogens with one attached hydrogen (secondary N) is 1. The third kappa shape index (κ3) is 5.90. The number of methoxy groups -OCH3 is 2. The lowest BCUT2D eigenvalue weighted by Gasteiger charge is -2.21. The van der Waals surface area contributed by atoms with Crippen molar-refractivity contribution in [2.75, 3.05) is 52.5 Å². The molecule has 0 unspecified atom stereocenters. The number of anilines is 1. The molecule has 1 rings (SSSR count). The van der Waals surface area contributed by atoms with E-state index in [2.05, 4.69) is 24.1 Å². The van der Waals surface area contributed by atoms with E-state index < -0.39 is 0 Å². The van der Waals surface area contributed by atoms with Gasteiger partial charge in [-0.2, -0.15) is 0 Å². The zero-order valence-corrected chi connectivity index (χ0v) is 14.8. The summed E-state index contributed by atoms with van der Waals surface area (Å²) in [6.45, 7) is 8.57. The maximum atomic E-state index is 5.22. The van der Waals surface area contributed by atoms with Crippen LogP contribution in [0.15, 0.2) is 0 Å². The Bertz CT molecular complexity index is 396. The van der Waals surface area contributed by atoms with Crippen LogP contribution < -0.4 is 10.2 Å². The summed E-state index contributed by atoms with van der Waals surface area (Å²) in [4.78, 5) is 8.50. The van der Waals surface area contributed by atoms with E-state index in [1.165, 1.54) is 10.6 Å². The van der Waals surface area contributed by atoms with Gasteiger partial charge in [0.1, 0.15) is 0 Å². The normalized spacial score (nSPS) is 11.3. The van der Waals surface area contributed by atoms with Gasteiger partial charge in [-0.05, 0) is 19.4 Å². The molecule has 0 aliphatic rings. The molecule has 1 aromatic rings. The van der Waals surface area contributed by atoms with Crippen LogP contribution in [0.2, 0.25) is 0 Å². The van der Waals surface area contributed by atoms with Gasteiger partial charge in [0, 0.05) is 45.3 Å². The number of hydrogen-bond donors (Lipinski definition) is 1. The summed E-state index contributed by atoms with van der Waals surface area (Å²) in [7, 11) is 5.46.